The first-order valence-corrected chi connectivity index (χ1v) is 3.48. The minimum Gasteiger partial charge on any atom is -0.480 e. The van der Waals surface area contributed by atoms with Crippen LogP contribution < -0.4 is 0 Å². The van der Waals surface area contributed by atoms with Crippen LogP contribution in [0, 0.1) is 0 Å². The first-order valence-electron chi connectivity index (χ1n) is 3.48. The van der Waals surface area contributed by atoms with E-state index in [1.807, 2.05) is 0 Å². The number of rotatable bonds is 3. The summed E-state index contributed by atoms with van der Waals surface area (Å²) in [4.78, 5) is 20.9. The van der Waals surface area contributed by atoms with Crippen molar-refractivity contribution in [1.82, 2.24) is 0 Å². The number of aldehydes is 1. The van der Waals surface area contributed by atoms with Crippen molar-refractivity contribution in [3.8, 4) is 0 Å². The van der Waals surface area contributed by atoms with Gasteiger partial charge in [-0.1, -0.05) is 30.3 Å². The van der Waals surface area contributed by atoms with Crippen LogP contribution in [0.25, 0.3) is 0 Å². The summed E-state index contributed by atoms with van der Waals surface area (Å²) in [6.07, 6.45) is 0.428. The first kappa shape index (κ1) is 8.46. The van der Waals surface area contributed by atoms with Gasteiger partial charge in [-0.3, -0.25) is 4.79 Å². The summed E-state index contributed by atoms with van der Waals surface area (Å²) in [6, 6.07) is 8.41. The smallest absolute Gasteiger partial charge is 0.318 e. The third-order valence-electron chi connectivity index (χ3n) is 1.56. The summed E-state index contributed by atoms with van der Waals surface area (Å²) >= 11 is 0. The Labute approximate surface area is 69.6 Å². The van der Waals surface area contributed by atoms with Crippen LogP contribution in [0.2, 0.25) is 0 Å². The van der Waals surface area contributed by atoms with Gasteiger partial charge in [0, 0.05) is 0 Å². The number of carbonyl (C=O) groups is 2. The van der Waals surface area contributed by atoms with Crippen LogP contribution >= 0.6 is 0 Å². The van der Waals surface area contributed by atoms with Gasteiger partial charge in [-0.25, -0.2) is 0 Å². The maximum Gasteiger partial charge on any atom is 0.318 e. The quantitative estimate of drug-likeness (QED) is 0.536. The van der Waals surface area contributed by atoms with Crippen molar-refractivity contribution >= 4 is 12.3 Å². The molecule has 1 aromatic rings. The SMILES string of the molecule is O=C[C@H](C(=O)O)c1ccccc1. The second-order valence-electron chi connectivity index (χ2n) is 2.36. The molecule has 62 valence electrons. The van der Waals surface area contributed by atoms with Crippen molar-refractivity contribution in [1.29, 1.82) is 0 Å². The van der Waals surface area contributed by atoms with Crippen LogP contribution in [0.3, 0.4) is 0 Å². The molecule has 0 unspecified atom stereocenters. The van der Waals surface area contributed by atoms with Gasteiger partial charge in [0.15, 0.2) is 0 Å². The van der Waals surface area contributed by atoms with Crippen LogP contribution in [0.1, 0.15) is 11.5 Å². The molecule has 0 spiro atoms. The highest BCUT2D eigenvalue weighted by atomic mass is 16.4. The van der Waals surface area contributed by atoms with E-state index in [4.69, 9.17) is 5.11 Å². The Balaban J connectivity index is 2.95. The highest BCUT2D eigenvalue weighted by molar-refractivity contribution is 5.92. The summed E-state index contributed by atoms with van der Waals surface area (Å²) in [5.74, 6) is -2.15. The number of carboxylic acids is 1. The third kappa shape index (κ3) is 1.69. The lowest BCUT2D eigenvalue weighted by Crippen LogP contribution is -2.12. The lowest BCUT2D eigenvalue weighted by atomic mass is 10.0. The molecule has 0 saturated heterocycles. The molecule has 1 atom stereocenters. The minimum atomic E-state index is -1.11. The molecular weight excluding hydrogens is 156 g/mol. The largest absolute Gasteiger partial charge is 0.480 e. The molecule has 3 nitrogen and oxygen atoms in total. The van der Waals surface area contributed by atoms with Crippen molar-refractivity contribution in [2.45, 2.75) is 5.92 Å². The zero-order valence-electron chi connectivity index (χ0n) is 6.31. The van der Waals surface area contributed by atoms with Crippen molar-refractivity contribution in [3.05, 3.63) is 35.9 Å². The average molecular weight is 164 g/mol. The molecule has 0 radical (unpaired) electrons. The van der Waals surface area contributed by atoms with E-state index in [-0.39, 0.29) is 0 Å². The van der Waals surface area contributed by atoms with E-state index >= 15 is 0 Å². The third-order valence-corrected chi connectivity index (χ3v) is 1.56. The molecule has 12 heavy (non-hydrogen) atoms. The summed E-state index contributed by atoms with van der Waals surface area (Å²) in [6.45, 7) is 0. The summed E-state index contributed by atoms with van der Waals surface area (Å²) < 4.78 is 0. The predicted octanol–water partition coefficient (Wildman–Crippen LogP) is 1.05. The standard InChI is InChI=1S/C9H8O3/c10-6-8(9(11)12)7-4-2-1-3-5-7/h1-6,8H,(H,11,12)/t8-/m0/s1. The van der Waals surface area contributed by atoms with Gasteiger partial charge >= 0.3 is 5.97 Å². The fourth-order valence-electron chi connectivity index (χ4n) is 0.940. The number of hydrogen-bond acceptors (Lipinski definition) is 2. The highest BCUT2D eigenvalue weighted by Crippen LogP contribution is 2.12. The number of aliphatic carboxylic acids is 1. The van der Waals surface area contributed by atoms with E-state index in [9.17, 15) is 9.59 Å². The Morgan fingerprint density at radius 1 is 1.33 bits per heavy atom. The Bertz CT molecular complexity index is 279. The van der Waals surface area contributed by atoms with E-state index in [1.165, 1.54) is 0 Å². The van der Waals surface area contributed by atoms with E-state index in [1.54, 1.807) is 30.3 Å². The van der Waals surface area contributed by atoms with Crippen LogP contribution in [0.4, 0.5) is 0 Å². The Hall–Kier alpha value is -1.64. The predicted molar refractivity (Wildman–Crippen MR) is 42.9 cm³/mol. The van der Waals surface area contributed by atoms with Crippen molar-refractivity contribution < 1.29 is 14.7 Å². The second kappa shape index (κ2) is 3.67. The lowest BCUT2D eigenvalue weighted by Gasteiger charge is -2.03. The Kier molecular flexibility index (Phi) is 2.58. The lowest BCUT2D eigenvalue weighted by molar-refractivity contribution is -0.140. The second-order valence-corrected chi connectivity index (χ2v) is 2.36. The number of benzene rings is 1. The molecule has 0 bridgehead atoms. The van der Waals surface area contributed by atoms with Gasteiger partial charge in [-0.05, 0) is 5.56 Å². The van der Waals surface area contributed by atoms with Gasteiger partial charge in [-0.15, -0.1) is 0 Å². The normalized spacial score (nSPS) is 12.0. The number of hydrogen-bond donors (Lipinski definition) is 1. The zero-order chi connectivity index (χ0) is 8.97. The van der Waals surface area contributed by atoms with E-state index in [0.717, 1.165) is 0 Å². The highest BCUT2D eigenvalue weighted by Gasteiger charge is 2.17. The maximum atomic E-state index is 10.5. The molecule has 1 aromatic carbocycles. The molecule has 0 heterocycles. The van der Waals surface area contributed by atoms with Gasteiger partial charge in [0.25, 0.3) is 0 Å². The minimum absolute atomic E-state index is 0.428. The zero-order valence-corrected chi connectivity index (χ0v) is 6.31. The van der Waals surface area contributed by atoms with Crippen molar-refractivity contribution in [2.75, 3.05) is 0 Å². The fraction of sp³-hybridized carbons (Fsp3) is 0.111. The molecule has 3 heteroatoms. The van der Waals surface area contributed by atoms with Gasteiger partial charge in [0.2, 0.25) is 0 Å². The Morgan fingerprint density at radius 3 is 2.33 bits per heavy atom. The molecule has 0 amide bonds. The Morgan fingerprint density at radius 2 is 1.92 bits per heavy atom. The molecular formula is C9H8O3. The van der Waals surface area contributed by atoms with Crippen LogP contribution in [-0.4, -0.2) is 17.4 Å². The topological polar surface area (TPSA) is 54.4 Å². The molecule has 1 rings (SSSR count). The van der Waals surface area contributed by atoms with E-state index in [0.29, 0.717) is 11.8 Å². The monoisotopic (exact) mass is 164 g/mol. The van der Waals surface area contributed by atoms with Gasteiger partial charge < -0.3 is 9.90 Å². The average Bonchev–Trinajstić information content (AvgIpc) is 2.07. The van der Waals surface area contributed by atoms with Crippen LogP contribution in [0.15, 0.2) is 30.3 Å². The van der Waals surface area contributed by atoms with E-state index < -0.39 is 11.9 Å². The molecule has 0 aromatic heterocycles. The number of carboxylic acid groups (broad SMARTS) is 1. The molecule has 0 aliphatic heterocycles. The summed E-state index contributed by atoms with van der Waals surface area (Å²) in [5, 5.41) is 8.60. The summed E-state index contributed by atoms with van der Waals surface area (Å²) in [7, 11) is 0. The van der Waals surface area contributed by atoms with Gasteiger partial charge in [-0.2, -0.15) is 0 Å². The van der Waals surface area contributed by atoms with E-state index in [2.05, 4.69) is 0 Å². The molecule has 0 saturated carbocycles. The molecule has 0 fully saturated rings. The molecule has 0 aliphatic carbocycles. The van der Waals surface area contributed by atoms with Crippen molar-refractivity contribution in [3.63, 3.8) is 0 Å². The van der Waals surface area contributed by atoms with Crippen LogP contribution in [0.5, 0.6) is 0 Å². The van der Waals surface area contributed by atoms with Crippen molar-refractivity contribution in [2.24, 2.45) is 0 Å². The summed E-state index contributed by atoms with van der Waals surface area (Å²) in [5.41, 5.74) is 0.514. The van der Waals surface area contributed by atoms with Crippen LogP contribution in [-0.2, 0) is 9.59 Å². The fourth-order valence-corrected chi connectivity index (χ4v) is 0.940. The van der Waals surface area contributed by atoms with Gasteiger partial charge in [0.1, 0.15) is 12.2 Å². The maximum absolute atomic E-state index is 10.5. The van der Waals surface area contributed by atoms with Gasteiger partial charge in [0.05, 0.1) is 0 Å². The first-order chi connectivity index (χ1) is 5.75. The number of carbonyl (C=O) groups excluding carboxylic acids is 1. The molecule has 0 aliphatic rings. The molecule has 1 N–H and O–H groups in total.